The van der Waals surface area contributed by atoms with E-state index in [2.05, 4.69) is 29.5 Å². The van der Waals surface area contributed by atoms with E-state index in [-0.39, 0.29) is 17.4 Å². The van der Waals surface area contributed by atoms with Crippen molar-refractivity contribution in [3.63, 3.8) is 0 Å². The molecule has 3 fully saturated rings. The minimum atomic E-state index is -1.17. The Balaban J connectivity index is 0.00000128. The van der Waals surface area contributed by atoms with Crippen LogP contribution in [0.15, 0.2) is 12.2 Å². The van der Waals surface area contributed by atoms with E-state index in [1.807, 2.05) is 0 Å². The van der Waals surface area contributed by atoms with E-state index in [1.165, 1.54) is 17.7 Å². The van der Waals surface area contributed by atoms with Crippen molar-refractivity contribution in [1.82, 2.24) is 20.9 Å². The van der Waals surface area contributed by atoms with E-state index in [9.17, 15) is 29.1 Å². The van der Waals surface area contributed by atoms with E-state index in [4.69, 9.17) is 5.73 Å². The standard InChI is InChI=1S/C25H41N5O6.C4H8/c1-14(20(26)31)15(2)27-21(32)17-12-9-13-30(17)22(33)18(16-10-7-6-8-11-16)28-24(36)29-19(23(34)35)25(3,4)5;1-4-2-3-4/h15-19H,1,6-13H2,2-5H3,(H2,26,31)(H,27,32)(H,34,35)(H2,28,29,36);4H,2-3H2,1H3. The molecular weight excluding hydrogens is 514 g/mol. The molecule has 1 heterocycles. The number of amides is 5. The number of carboxylic acids is 1. The van der Waals surface area contributed by atoms with Gasteiger partial charge < -0.3 is 31.7 Å². The SMILES string of the molecule is C=C(C(N)=O)C(C)NC(=O)C1CCCN1C(=O)C(NC(=O)NC(C(=O)O)C(C)(C)C)C1CCCCC1.CC1CC1. The maximum Gasteiger partial charge on any atom is 0.326 e. The summed E-state index contributed by atoms with van der Waals surface area (Å²) < 4.78 is 0. The highest BCUT2D eigenvalue weighted by molar-refractivity contribution is 5.95. The molecule has 11 heteroatoms. The van der Waals surface area contributed by atoms with E-state index in [1.54, 1.807) is 27.7 Å². The fraction of sp³-hybridized carbons (Fsp3) is 0.759. The number of nitrogens with zero attached hydrogens (tertiary/aromatic N) is 1. The van der Waals surface area contributed by atoms with Gasteiger partial charge in [-0.15, -0.1) is 0 Å². The first-order valence-electron chi connectivity index (χ1n) is 14.5. The molecule has 0 bridgehead atoms. The van der Waals surface area contributed by atoms with Crippen LogP contribution in [0.1, 0.15) is 92.4 Å². The summed E-state index contributed by atoms with van der Waals surface area (Å²) in [6, 6.07) is -4.20. The average Bonchev–Trinajstić information content (AvgIpc) is 3.50. The van der Waals surface area contributed by atoms with E-state index in [0.29, 0.717) is 19.4 Å². The second kappa shape index (κ2) is 14.5. The number of aliphatic carboxylic acids is 1. The topological polar surface area (TPSA) is 171 Å². The highest BCUT2D eigenvalue weighted by atomic mass is 16.4. The minimum Gasteiger partial charge on any atom is -0.480 e. The summed E-state index contributed by atoms with van der Waals surface area (Å²) in [4.78, 5) is 64.2. The molecule has 40 heavy (non-hydrogen) atoms. The van der Waals surface area contributed by atoms with Crippen molar-refractivity contribution in [2.24, 2.45) is 23.0 Å². The summed E-state index contributed by atoms with van der Waals surface area (Å²) in [7, 11) is 0. The fourth-order valence-corrected chi connectivity index (χ4v) is 5.07. The molecule has 3 rings (SSSR count). The number of rotatable bonds is 9. The Labute approximate surface area is 238 Å². The first-order valence-corrected chi connectivity index (χ1v) is 14.5. The van der Waals surface area contributed by atoms with Crippen molar-refractivity contribution >= 4 is 29.7 Å². The van der Waals surface area contributed by atoms with E-state index >= 15 is 0 Å². The summed E-state index contributed by atoms with van der Waals surface area (Å²) in [6.45, 7) is 12.9. The second-order valence-electron chi connectivity index (χ2n) is 12.6. The number of hydrogen-bond donors (Lipinski definition) is 5. The zero-order valence-electron chi connectivity index (χ0n) is 24.8. The molecule has 4 unspecified atom stereocenters. The van der Waals surface area contributed by atoms with Gasteiger partial charge in [0.1, 0.15) is 18.1 Å². The Morgan fingerprint density at radius 2 is 1.50 bits per heavy atom. The Morgan fingerprint density at radius 3 is 1.98 bits per heavy atom. The van der Waals surface area contributed by atoms with Gasteiger partial charge in [-0.25, -0.2) is 9.59 Å². The van der Waals surface area contributed by atoms with Crippen LogP contribution >= 0.6 is 0 Å². The smallest absolute Gasteiger partial charge is 0.326 e. The van der Waals surface area contributed by atoms with Crippen molar-refractivity contribution in [3.8, 4) is 0 Å². The average molecular weight is 564 g/mol. The fourth-order valence-electron chi connectivity index (χ4n) is 5.07. The van der Waals surface area contributed by atoms with Crippen molar-refractivity contribution in [1.29, 1.82) is 0 Å². The lowest BCUT2D eigenvalue weighted by Gasteiger charge is -2.35. The number of nitrogens with one attached hydrogen (secondary N) is 3. The molecule has 0 radical (unpaired) electrons. The molecule has 0 aromatic carbocycles. The molecular formula is C29H49N5O6. The minimum absolute atomic E-state index is 0.0597. The summed E-state index contributed by atoms with van der Waals surface area (Å²) in [5.74, 6) is -1.70. The molecule has 226 valence electrons. The van der Waals surface area contributed by atoms with Gasteiger partial charge >= 0.3 is 12.0 Å². The van der Waals surface area contributed by atoms with Crippen LogP contribution in [0, 0.1) is 17.3 Å². The van der Waals surface area contributed by atoms with Gasteiger partial charge in [-0.1, -0.05) is 66.4 Å². The summed E-state index contributed by atoms with van der Waals surface area (Å²) in [5.41, 5.74) is 4.57. The van der Waals surface area contributed by atoms with Crippen LogP contribution in [0.5, 0.6) is 0 Å². The molecule has 0 aromatic heterocycles. The number of likely N-dealkylation sites (tertiary alicyclic amines) is 1. The molecule has 11 nitrogen and oxygen atoms in total. The Morgan fingerprint density at radius 1 is 0.925 bits per heavy atom. The molecule has 5 amide bonds. The third-order valence-corrected chi connectivity index (χ3v) is 7.96. The van der Waals surface area contributed by atoms with Crippen LogP contribution < -0.4 is 21.7 Å². The number of hydrogen-bond acceptors (Lipinski definition) is 5. The van der Waals surface area contributed by atoms with E-state index in [0.717, 1.165) is 38.0 Å². The normalized spacial score (nSPS) is 21.6. The maximum atomic E-state index is 13.7. The molecule has 4 atom stereocenters. The molecule has 1 saturated heterocycles. The van der Waals surface area contributed by atoms with Gasteiger partial charge in [0.05, 0.1) is 6.04 Å². The number of nitrogens with two attached hydrogens (primary N) is 1. The number of urea groups is 1. The molecule has 1 aliphatic heterocycles. The van der Waals surface area contributed by atoms with Gasteiger partial charge in [-0.2, -0.15) is 0 Å². The van der Waals surface area contributed by atoms with Gasteiger partial charge in [0, 0.05) is 12.1 Å². The van der Waals surface area contributed by atoms with Crippen molar-refractivity contribution in [2.75, 3.05) is 6.54 Å². The molecule has 6 N–H and O–H groups in total. The van der Waals surface area contributed by atoms with Crippen molar-refractivity contribution in [3.05, 3.63) is 12.2 Å². The maximum absolute atomic E-state index is 13.7. The van der Waals surface area contributed by atoms with Gasteiger partial charge in [0.15, 0.2) is 0 Å². The van der Waals surface area contributed by atoms with Crippen LogP contribution in [-0.2, 0) is 19.2 Å². The second-order valence-corrected chi connectivity index (χ2v) is 12.6. The number of carbonyl (C=O) groups excluding carboxylic acids is 4. The van der Waals surface area contributed by atoms with Crippen LogP contribution in [0.25, 0.3) is 0 Å². The number of carboxylic acid groups (broad SMARTS) is 1. The molecule has 0 aromatic rings. The van der Waals surface area contributed by atoms with Gasteiger partial charge in [-0.3, -0.25) is 14.4 Å². The zero-order chi connectivity index (χ0) is 30.2. The van der Waals surface area contributed by atoms with Gasteiger partial charge in [0.2, 0.25) is 17.7 Å². The predicted molar refractivity (Wildman–Crippen MR) is 152 cm³/mol. The predicted octanol–water partition coefficient (Wildman–Crippen LogP) is 2.69. The highest BCUT2D eigenvalue weighted by Crippen LogP contribution is 2.30. The highest BCUT2D eigenvalue weighted by Gasteiger charge is 2.42. The molecule has 2 saturated carbocycles. The first-order chi connectivity index (χ1) is 18.6. The molecule has 0 spiro atoms. The molecule has 2 aliphatic carbocycles. The van der Waals surface area contributed by atoms with Crippen LogP contribution in [0.2, 0.25) is 0 Å². The Hall–Kier alpha value is -3.11. The summed E-state index contributed by atoms with van der Waals surface area (Å²) in [5, 5.41) is 17.5. The lowest BCUT2D eigenvalue weighted by molar-refractivity contribution is -0.142. The lowest BCUT2D eigenvalue weighted by atomic mass is 9.83. The zero-order valence-corrected chi connectivity index (χ0v) is 24.8. The van der Waals surface area contributed by atoms with Crippen molar-refractivity contribution in [2.45, 2.75) is 117 Å². The number of carbonyl (C=O) groups is 5. The van der Waals surface area contributed by atoms with Crippen molar-refractivity contribution < 1.29 is 29.1 Å². The third-order valence-electron chi connectivity index (χ3n) is 7.96. The van der Waals surface area contributed by atoms with Crippen LogP contribution in [-0.4, -0.2) is 70.4 Å². The monoisotopic (exact) mass is 563 g/mol. The summed E-state index contributed by atoms with van der Waals surface area (Å²) >= 11 is 0. The Kier molecular flexibility index (Phi) is 12.0. The third kappa shape index (κ3) is 9.82. The number of primary amides is 1. The van der Waals surface area contributed by atoms with Gasteiger partial charge in [0.25, 0.3) is 0 Å². The van der Waals surface area contributed by atoms with Gasteiger partial charge in [-0.05, 0) is 49.9 Å². The Bertz CT molecular complexity index is 951. The van der Waals surface area contributed by atoms with E-state index < -0.39 is 53.4 Å². The largest absolute Gasteiger partial charge is 0.480 e. The van der Waals surface area contributed by atoms with Crippen LogP contribution in [0.3, 0.4) is 0 Å². The quantitative estimate of drug-likeness (QED) is 0.270. The van der Waals surface area contributed by atoms with Crippen LogP contribution in [0.4, 0.5) is 4.79 Å². The lowest BCUT2D eigenvalue weighted by Crippen LogP contribution is -2.60. The first kappa shape index (κ1) is 33.1. The summed E-state index contributed by atoms with van der Waals surface area (Å²) in [6.07, 6.45) is 8.43. The molecule has 3 aliphatic rings.